The fraction of sp³-hybridized carbons (Fsp3) is 0.225. The molecule has 0 spiro atoms. The van der Waals surface area contributed by atoms with Gasteiger partial charge in [-0.3, -0.25) is 34.2 Å². The number of likely N-dealkylation sites (N-methyl/N-ethyl adjacent to an activating group) is 1. The Morgan fingerprint density at radius 1 is 0.840 bits per heavy atom. The summed E-state index contributed by atoms with van der Waals surface area (Å²) in [5.41, 5.74) is 6.38. The Bertz CT molecular complexity index is 1960. The fourth-order valence-corrected chi connectivity index (χ4v) is 6.40. The second-order valence-corrected chi connectivity index (χ2v) is 12.2. The number of nitrogens with one attached hydrogen (secondary N) is 2. The predicted octanol–water partition coefficient (Wildman–Crippen LogP) is 5.41. The monoisotopic (exact) mass is 670 g/mol. The third-order valence-electron chi connectivity index (χ3n) is 9.00. The second-order valence-electron chi connectivity index (χ2n) is 12.2. The summed E-state index contributed by atoms with van der Waals surface area (Å²) in [5.74, 6) is -1.92. The van der Waals surface area contributed by atoms with Crippen molar-refractivity contribution < 1.29 is 28.7 Å². The maximum atomic E-state index is 13.3. The van der Waals surface area contributed by atoms with Crippen LogP contribution in [0.3, 0.4) is 0 Å². The van der Waals surface area contributed by atoms with Crippen molar-refractivity contribution in [1.82, 2.24) is 15.1 Å². The molecular weight excluding hydrogens is 632 g/mol. The molecule has 4 aromatic carbocycles. The molecule has 2 aliphatic heterocycles. The van der Waals surface area contributed by atoms with Crippen LogP contribution in [0.1, 0.15) is 63.6 Å². The van der Waals surface area contributed by atoms with Crippen LogP contribution in [0.2, 0.25) is 0 Å². The molecule has 1 fully saturated rings. The van der Waals surface area contributed by atoms with E-state index in [1.54, 1.807) is 19.2 Å². The van der Waals surface area contributed by atoms with Gasteiger partial charge in [-0.15, -0.1) is 0 Å². The lowest BCUT2D eigenvalue weighted by Gasteiger charge is -2.27. The maximum absolute atomic E-state index is 13.3. The molecule has 2 aliphatic rings. The molecule has 10 heteroatoms. The van der Waals surface area contributed by atoms with E-state index in [1.807, 2.05) is 36.4 Å². The summed E-state index contributed by atoms with van der Waals surface area (Å²) in [6.45, 7) is 2.62. The number of amides is 5. The molecule has 0 radical (unpaired) electrons. The number of carbonyl (C=O) groups is 5. The summed E-state index contributed by atoms with van der Waals surface area (Å²) in [7, 11) is 1.66. The number of anilines is 1. The molecule has 1 saturated heterocycles. The van der Waals surface area contributed by atoms with E-state index in [1.165, 1.54) is 27.7 Å². The highest BCUT2D eigenvalue weighted by molar-refractivity contribution is 6.25. The summed E-state index contributed by atoms with van der Waals surface area (Å²) in [4.78, 5) is 65.9. The lowest BCUT2D eigenvalue weighted by Crippen LogP contribution is -2.54. The van der Waals surface area contributed by atoms with E-state index in [0.29, 0.717) is 18.0 Å². The molecule has 0 bridgehead atoms. The zero-order valence-electron chi connectivity index (χ0n) is 28.0. The number of rotatable bonds is 12. The normalized spacial score (nSPS) is 16.0. The van der Waals surface area contributed by atoms with Gasteiger partial charge in [0.25, 0.3) is 11.8 Å². The van der Waals surface area contributed by atoms with Crippen LogP contribution < -0.4 is 15.4 Å². The van der Waals surface area contributed by atoms with Gasteiger partial charge in [0.2, 0.25) is 17.7 Å². The zero-order chi connectivity index (χ0) is 35.2. The summed E-state index contributed by atoms with van der Waals surface area (Å²) in [5, 5.41) is 5.18. The number of nitrogens with zero attached hydrogens (tertiary/aromatic N) is 2. The van der Waals surface area contributed by atoms with Crippen molar-refractivity contribution in [2.75, 3.05) is 32.1 Å². The highest BCUT2D eigenvalue weighted by atomic mass is 16.5. The first-order valence-corrected chi connectivity index (χ1v) is 16.7. The van der Waals surface area contributed by atoms with E-state index in [2.05, 4.69) is 66.1 Å². The van der Waals surface area contributed by atoms with Crippen molar-refractivity contribution in [2.45, 2.75) is 32.2 Å². The molecule has 5 amide bonds. The number of carbonyl (C=O) groups excluding carboxylic acids is 5. The first kappa shape index (κ1) is 33.9. The van der Waals surface area contributed by atoms with Crippen molar-refractivity contribution in [3.05, 3.63) is 131 Å². The number of allylic oxidation sites excluding steroid dienone is 1. The molecule has 0 aliphatic carbocycles. The predicted molar refractivity (Wildman–Crippen MR) is 190 cm³/mol. The van der Waals surface area contributed by atoms with Crippen LogP contribution in [0.5, 0.6) is 5.75 Å². The summed E-state index contributed by atoms with van der Waals surface area (Å²) in [6.07, 6.45) is 0.962. The van der Waals surface area contributed by atoms with E-state index in [9.17, 15) is 24.0 Å². The van der Waals surface area contributed by atoms with Crippen LogP contribution in [0.25, 0.3) is 11.1 Å². The molecule has 6 rings (SSSR count). The SMILES string of the molecule is CC/C(=C(\c1ccccc1)c1ccc(OCCN(C)C(=O)CNc2cccc3c2C(=O)N(C2CCC(=O)NC2=O)C3=O)cc1)c1ccccc1. The highest BCUT2D eigenvalue weighted by Crippen LogP contribution is 2.35. The van der Waals surface area contributed by atoms with Gasteiger partial charge in [-0.1, -0.05) is 85.8 Å². The summed E-state index contributed by atoms with van der Waals surface area (Å²) < 4.78 is 6.00. The van der Waals surface area contributed by atoms with Crippen LogP contribution in [0.15, 0.2) is 103 Å². The maximum Gasteiger partial charge on any atom is 0.264 e. The van der Waals surface area contributed by atoms with E-state index < -0.39 is 29.7 Å². The van der Waals surface area contributed by atoms with E-state index in [-0.39, 0.29) is 43.0 Å². The minimum Gasteiger partial charge on any atom is -0.492 e. The average Bonchev–Trinajstić information content (AvgIpc) is 3.39. The number of benzene rings is 4. The Morgan fingerprint density at radius 3 is 2.16 bits per heavy atom. The van der Waals surface area contributed by atoms with Crippen LogP contribution in [0.4, 0.5) is 5.69 Å². The number of piperidine rings is 1. The van der Waals surface area contributed by atoms with Crippen molar-refractivity contribution >= 4 is 46.4 Å². The molecule has 1 atom stereocenters. The van der Waals surface area contributed by atoms with Gasteiger partial charge in [0.15, 0.2) is 0 Å². The Hall–Kier alpha value is -6.03. The number of hydrogen-bond acceptors (Lipinski definition) is 7. The molecule has 0 saturated carbocycles. The Labute approximate surface area is 290 Å². The third kappa shape index (κ3) is 7.05. The van der Waals surface area contributed by atoms with Crippen molar-refractivity contribution in [3.8, 4) is 5.75 Å². The smallest absolute Gasteiger partial charge is 0.264 e. The molecule has 2 heterocycles. The van der Waals surface area contributed by atoms with Crippen molar-refractivity contribution in [2.24, 2.45) is 0 Å². The van der Waals surface area contributed by atoms with Gasteiger partial charge in [0, 0.05) is 19.2 Å². The largest absolute Gasteiger partial charge is 0.492 e. The van der Waals surface area contributed by atoms with E-state index in [0.717, 1.165) is 22.4 Å². The van der Waals surface area contributed by atoms with Gasteiger partial charge in [0.05, 0.1) is 24.2 Å². The van der Waals surface area contributed by atoms with Gasteiger partial charge in [-0.2, -0.15) is 0 Å². The van der Waals surface area contributed by atoms with Gasteiger partial charge in [-0.25, -0.2) is 0 Å². The number of hydrogen-bond donors (Lipinski definition) is 2. The molecule has 1 unspecified atom stereocenters. The first-order valence-electron chi connectivity index (χ1n) is 16.7. The number of ether oxygens (including phenoxy) is 1. The summed E-state index contributed by atoms with van der Waals surface area (Å²) >= 11 is 0. The Morgan fingerprint density at radius 2 is 1.50 bits per heavy atom. The molecule has 50 heavy (non-hydrogen) atoms. The lowest BCUT2D eigenvalue weighted by atomic mass is 9.88. The lowest BCUT2D eigenvalue weighted by molar-refractivity contribution is -0.136. The fourth-order valence-electron chi connectivity index (χ4n) is 6.40. The highest BCUT2D eigenvalue weighted by Gasteiger charge is 2.45. The van der Waals surface area contributed by atoms with Crippen molar-refractivity contribution in [3.63, 3.8) is 0 Å². The number of imide groups is 2. The average molecular weight is 671 g/mol. The minimum absolute atomic E-state index is 0.0336. The molecule has 10 nitrogen and oxygen atoms in total. The Balaban J connectivity index is 1.06. The molecule has 4 aromatic rings. The number of fused-ring (bicyclic) bond motifs is 1. The quantitative estimate of drug-likeness (QED) is 0.153. The van der Waals surface area contributed by atoms with Gasteiger partial charge >= 0.3 is 0 Å². The molecule has 254 valence electrons. The van der Waals surface area contributed by atoms with Crippen LogP contribution in [-0.4, -0.2) is 72.1 Å². The third-order valence-corrected chi connectivity index (χ3v) is 9.00. The van der Waals surface area contributed by atoms with Crippen LogP contribution in [0, 0.1) is 0 Å². The Kier molecular flexibility index (Phi) is 10.2. The molecular formula is C40H38N4O6. The summed E-state index contributed by atoms with van der Waals surface area (Å²) in [6, 6.07) is 32.4. The standard InChI is InChI=1S/C40H38N4O6/c1-3-30(26-11-6-4-7-12-26)36(27-13-8-5-9-14-27)28-17-19-29(20-18-28)50-24-23-43(2)35(46)25-41-32-16-10-15-31-37(32)40(49)44(39(31)48)33-21-22-34(45)42-38(33)47/h4-20,33,41H,3,21-25H2,1-2H3,(H,42,45,47)/b36-30-. The van der Waals surface area contributed by atoms with E-state index >= 15 is 0 Å². The van der Waals surface area contributed by atoms with Gasteiger partial charge < -0.3 is 15.0 Å². The second kappa shape index (κ2) is 15.0. The van der Waals surface area contributed by atoms with Gasteiger partial charge in [-0.05, 0) is 64.9 Å². The van der Waals surface area contributed by atoms with Crippen LogP contribution >= 0.6 is 0 Å². The topological polar surface area (TPSA) is 125 Å². The zero-order valence-corrected chi connectivity index (χ0v) is 28.0. The van der Waals surface area contributed by atoms with Crippen LogP contribution in [-0.2, 0) is 14.4 Å². The van der Waals surface area contributed by atoms with E-state index in [4.69, 9.17) is 4.74 Å². The van der Waals surface area contributed by atoms with Crippen molar-refractivity contribution in [1.29, 1.82) is 0 Å². The molecule has 0 aromatic heterocycles. The first-order chi connectivity index (χ1) is 24.3. The molecule has 2 N–H and O–H groups in total. The van der Waals surface area contributed by atoms with Gasteiger partial charge in [0.1, 0.15) is 18.4 Å². The minimum atomic E-state index is -1.07.